The maximum Gasteiger partial charge on any atom is 0.327 e. The summed E-state index contributed by atoms with van der Waals surface area (Å²) in [4.78, 5) is 0. The molecule has 0 saturated carbocycles. The molecule has 0 radical (unpaired) electrons. The van der Waals surface area contributed by atoms with Crippen molar-refractivity contribution in [3.63, 3.8) is 0 Å². The van der Waals surface area contributed by atoms with Crippen LogP contribution in [-0.4, -0.2) is 6.10 Å². The molecule has 2 nitrogen and oxygen atoms in total. The van der Waals surface area contributed by atoms with Crippen LogP contribution in [0.3, 0.4) is 0 Å². The van der Waals surface area contributed by atoms with Crippen LogP contribution in [0, 0.1) is 5.92 Å². The van der Waals surface area contributed by atoms with E-state index in [-0.39, 0.29) is 14.8 Å². The van der Waals surface area contributed by atoms with E-state index in [2.05, 4.69) is 20.8 Å². The summed E-state index contributed by atoms with van der Waals surface area (Å²) in [6, 6.07) is 0. The molecule has 0 aliphatic heterocycles. The third kappa shape index (κ3) is 5.68. The molecule has 0 amide bonds. The van der Waals surface area contributed by atoms with Crippen molar-refractivity contribution in [2.24, 2.45) is 5.92 Å². The monoisotopic (exact) mass is 190 g/mol. The molecule has 72 valence electrons. The summed E-state index contributed by atoms with van der Waals surface area (Å²) in [5.74, 6) is 0.461. The molecule has 0 aromatic rings. The van der Waals surface area contributed by atoms with Crippen LogP contribution in [0.15, 0.2) is 0 Å². The zero-order valence-corrected chi connectivity index (χ0v) is 9.14. The quantitative estimate of drug-likeness (QED) is 0.450. The van der Waals surface area contributed by atoms with Gasteiger partial charge in [0, 0.05) is 0 Å². The van der Waals surface area contributed by atoms with Crippen LogP contribution in [-0.2, 0) is 9.09 Å². The van der Waals surface area contributed by atoms with Gasteiger partial charge in [-0.15, -0.1) is 0 Å². The lowest BCUT2D eigenvalue weighted by atomic mass is 10.0. The highest BCUT2D eigenvalue weighted by molar-refractivity contribution is 7.17. The molecule has 3 heteroatoms. The van der Waals surface area contributed by atoms with Crippen LogP contribution in [0.1, 0.15) is 46.5 Å². The van der Waals surface area contributed by atoms with E-state index in [0.717, 1.165) is 6.42 Å². The molecule has 1 unspecified atom stereocenters. The van der Waals surface area contributed by atoms with Crippen LogP contribution in [0.4, 0.5) is 0 Å². The summed E-state index contributed by atoms with van der Waals surface area (Å²) in [5, 5.41) is 0. The molecule has 0 saturated heterocycles. The minimum Gasteiger partial charge on any atom is -0.291 e. The molecule has 0 aliphatic rings. The fourth-order valence-electron chi connectivity index (χ4n) is 1.16. The first-order valence-electron chi connectivity index (χ1n) is 4.70. The minimum absolute atomic E-state index is 0.163. The zero-order chi connectivity index (χ0) is 9.40. The van der Waals surface area contributed by atoms with Gasteiger partial charge in [0.1, 0.15) is 0 Å². The number of hydrogen-bond donors (Lipinski definition) is 0. The summed E-state index contributed by atoms with van der Waals surface area (Å²) in [6.45, 7) is 6.38. The van der Waals surface area contributed by atoms with E-state index in [1.807, 2.05) is 0 Å². The molecule has 0 aromatic carbocycles. The molecule has 12 heavy (non-hydrogen) atoms. The van der Waals surface area contributed by atoms with E-state index >= 15 is 0 Å². The van der Waals surface area contributed by atoms with Crippen LogP contribution in [0.5, 0.6) is 0 Å². The van der Waals surface area contributed by atoms with Gasteiger partial charge in [0.15, 0.2) is 0 Å². The van der Waals surface area contributed by atoms with E-state index in [9.17, 15) is 4.57 Å². The first-order chi connectivity index (χ1) is 5.72. The smallest absolute Gasteiger partial charge is 0.291 e. The molecular formula is C9H19O2P. The Morgan fingerprint density at radius 2 is 2.00 bits per heavy atom. The van der Waals surface area contributed by atoms with Crippen LogP contribution < -0.4 is 0 Å². The van der Waals surface area contributed by atoms with Gasteiger partial charge in [-0.1, -0.05) is 40.0 Å². The van der Waals surface area contributed by atoms with E-state index in [1.165, 1.54) is 19.3 Å². The Bertz CT molecular complexity index is 115. The molecule has 1 atom stereocenters. The SMILES string of the molecule is CCCCCC(OP=O)C(C)C. The Hall–Kier alpha value is 0.0600. The van der Waals surface area contributed by atoms with Crippen LogP contribution in [0.2, 0.25) is 0 Å². The van der Waals surface area contributed by atoms with Gasteiger partial charge in [0.25, 0.3) is 0 Å². The zero-order valence-electron chi connectivity index (χ0n) is 8.25. The van der Waals surface area contributed by atoms with Crippen LogP contribution >= 0.6 is 8.69 Å². The van der Waals surface area contributed by atoms with Crippen molar-refractivity contribution in [1.29, 1.82) is 0 Å². The molecular weight excluding hydrogens is 171 g/mol. The topological polar surface area (TPSA) is 26.3 Å². The lowest BCUT2D eigenvalue weighted by Gasteiger charge is -2.16. The van der Waals surface area contributed by atoms with Gasteiger partial charge in [-0.3, -0.25) is 4.52 Å². The number of unbranched alkanes of at least 4 members (excludes halogenated alkanes) is 2. The third-order valence-electron chi connectivity index (χ3n) is 2.01. The summed E-state index contributed by atoms with van der Waals surface area (Å²) in [6.07, 6.45) is 4.83. The second kappa shape index (κ2) is 7.70. The van der Waals surface area contributed by atoms with Crippen molar-refractivity contribution in [2.45, 2.75) is 52.6 Å². The second-order valence-corrected chi connectivity index (χ2v) is 3.82. The van der Waals surface area contributed by atoms with Crippen molar-refractivity contribution in [3.05, 3.63) is 0 Å². The van der Waals surface area contributed by atoms with Crippen molar-refractivity contribution >= 4 is 8.69 Å². The Labute approximate surface area is 77.0 Å². The molecule has 0 bridgehead atoms. The average Bonchev–Trinajstić information content (AvgIpc) is 2.03. The van der Waals surface area contributed by atoms with E-state index in [4.69, 9.17) is 4.52 Å². The molecule has 0 aliphatic carbocycles. The normalized spacial score (nSPS) is 14.0. The fourth-order valence-corrected chi connectivity index (χ4v) is 1.62. The third-order valence-corrected chi connectivity index (χ3v) is 2.37. The molecule has 0 spiro atoms. The molecule has 0 fully saturated rings. The predicted molar refractivity (Wildman–Crippen MR) is 51.5 cm³/mol. The second-order valence-electron chi connectivity index (χ2n) is 3.46. The Balaban J connectivity index is 3.55. The highest BCUT2D eigenvalue weighted by Crippen LogP contribution is 2.18. The highest BCUT2D eigenvalue weighted by atomic mass is 31.1. The lowest BCUT2D eigenvalue weighted by Crippen LogP contribution is -2.15. The summed E-state index contributed by atoms with van der Waals surface area (Å²) < 4.78 is 15.3. The largest absolute Gasteiger partial charge is 0.327 e. The first kappa shape index (κ1) is 12.1. The maximum atomic E-state index is 10.2. The van der Waals surface area contributed by atoms with Crippen molar-refractivity contribution in [1.82, 2.24) is 0 Å². The van der Waals surface area contributed by atoms with E-state index < -0.39 is 0 Å². The van der Waals surface area contributed by atoms with E-state index in [1.54, 1.807) is 0 Å². The minimum atomic E-state index is -0.181. The van der Waals surface area contributed by atoms with Crippen molar-refractivity contribution < 1.29 is 9.09 Å². The van der Waals surface area contributed by atoms with Gasteiger partial charge in [-0.25, -0.2) is 4.57 Å². The Kier molecular flexibility index (Phi) is 7.73. The fraction of sp³-hybridized carbons (Fsp3) is 1.00. The highest BCUT2D eigenvalue weighted by Gasteiger charge is 2.13. The Morgan fingerprint density at radius 3 is 2.42 bits per heavy atom. The van der Waals surface area contributed by atoms with Gasteiger partial charge in [0.05, 0.1) is 6.10 Å². The van der Waals surface area contributed by atoms with Crippen LogP contribution in [0.25, 0.3) is 0 Å². The Morgan fingerprint density at radius 1 is 1.33 bits per heavy atom. The van der Waals surface area contributed by atoms with Gasteiger partial charge in [0.2, 0.25) is 0 Å². The van der Waals surface area contributed by atoms with Gasteiger partial charge < -0.3 is 0 Å². The number of hydrogen-bond acceptors (Lipinski definition) is 2. The number of rotatable bonds is 7. The molecule has 0 rings (SSSR count). The average molecular weight is 190 g/mol. The van der Waals surface area contributed by atoms with E-state index in [0.29, 0.717) is 5.92 Å². The standard InChI is InChI=1S/C9H19O2P/c1-4-5-6-7-9(8(2)3)11-12-10/h8-9H,4-7H2,1-3H3. The molecule has 0 aromatic heterocycles. The van der Waals surface area contributed by atoms with Crippen molar-refractivity contribution in [2.75, 3.05) is 0 Å². The predicted octanol–water partition coefficient (Wildman–Crippen LogP) is 3.81. The summed E-state index contributed by atoms with van der Waals surface area (Å²) in [7, 11) is -0.181. The lowest BCUT2D eigenvalue weighted by molar-refractivity contribution is 0.156. The molecule has 0 heterocycles. The van der Waals surface area contributed by atoms with Gasteiger partial charge >= 0.3 is 8.69 Å². The first-order valence-corrected chi connectivity index (χ1v) is 5.43. The maximum absolute atomic E-state index is 10.2. The van der Waals surface area contributed by atoms with Crippen molar-refractivity contribution in [3.8, 4) is 0 Å². The van der Waals surface area contributed by atoms with Gasteiger partial charge in [-0.05, 0) is 12.3 Å². The summed E-state index contributed by atoms with van der Waals surface area (Å²) >= 11 is 0. The summed E-state index contributed by atoms with van der Waals surface area (Å²) in [5.41, 5.74) is 0. The van der Waals surface area contributed by atoms with Gasteiger partial charge in [-0.2, -0.15) is 0 Å². The molecule has 0 N–H and O–H groups in total.